The Labute approximate surface area is 207 Å². The fraction of sp³-hybridized carbons (Fsp3) is 0.375. The molecule has 7 N–H and O–H groups in total. The van der Waals surface area contributed by atoms with Crippen LogP contribution in [0.25, 0.3) is 0 Å². The number of aliphatic hydroxyl groups is 2. The number of aromatic nitrogens is 1. The fourth-order valence-electron chi connectivity index (χ4n) is 3.52. The molecule has 0 aliphatic carbocycles. The van der Waals surface area contributed by atoms with Gasteiger partial charge < -0.3 is 31.9 Å². The predicted octanol–water partition coefficient (Wildman–Crippen LogP) is 1.63. The summed E-state index contributed by atoms with van der Waals surface area (Å²) in [5.41, 5.74) is 6.34. The summed E-state index contributed by atoms with van der Waals surface area (Å²) in [5.74, 6) is -0.807. The van der Waals surface area contributed by atoms with Crippen molar-refractivity contribution in [3.05, 3.63) is 69.6 Å². The Morgan fingerprint density at radius 2 is 2.06 bits per heavy atom. The van der Waals surface area contributed by atoms with Gasteiger partial charge in [0.05, 0.1) is 29.5 Å². The van der Waals surface area contributed by atoms with E-state index < -0.39 is 17.3 Å². The molecule has 0 fully saturated rings. The maximum atomic E-state index is 14.9. The van der Waals surface area contributed by atoms with Crippen LogP contribution in [-0.2, 0) is 21.7 Å². The fourth-order valence-corrected chi connectivity index (χ4v) is 4.86. The highest BCUT2D eigenvalue weighted by atomic mass is 32.2. The Balaban J connectivity index is 1.68. The highest BCUT2D eigenvalue weighted by Gasteiger charge is 2.32. The second-order valence-corrected chi connectivity index (χ2v) is 9.81. The van der Waals surface area contributed by atoms with Crippen LogP contribution < -0.4 is 21.7 Å². The van der Waals surface area contributed by atoms with Crippen molar-refractivity contribution in [2.45, 2.75) is 37.7 Å². The first kappa shape index (κ1) is 26.6. The first-order chi connectivity index (χ1) is 16.6. The number of hydrogen-bond donors (Lipinski definition) is 6. The minimum absolute atomic E-state index is 0.0751. The van der Waals surface area contributed by atoms with Crippen molar-refractivity contribution in [3.63, 3.8) is 0 Å². The summed E-state index contributed by atoms with van der Waals surface area (Å²) in [6.07, 6.45) is 0.255. The van der Waals surface area contributed by atoms with Gasteiger partial charge in [-0.2, -0.15) is 0 Å². The van der Waals surface area contributed by atoms with Crippen molar-refractivity contribution >= 4 is 29.4 Å². The summed E-state index contributed by atoms with van der Waals surface area (Å²) in [6, 6.07) is 9.93. The van der Waals surface area contributed by atoms with Crippen molar-refractivity contribution < 1.29 is 24.2 Å². The number of thioether (sulfide) groups is 1. The molecular weight excluding hydrogens is 473 g/mol. The Bertz CT molecular complexity index is 1120. The van der Waals surface area contributed by atoms with Crippen molar-refractivity contribution in [1.82, 2.24) is 15.6 Å². The van der Waals surface area contributed by atoms with Gasteiger partial charge in [-0.15, -0.1) is 0 Å². The van der Waals surface area contributed by atoms with E-state index in [0.29, 0.717) is 39.8 Å². The molecule has 0 bridgehead atoms. The van der Waals surface area contributed by atoms with Gasteiger partial charge >= 0.3 is 0 Å². The van der Waals surface area contributed by atoms with Crippen LogP contribution >= 0.6 is 11.8 Å². The quantitative estimate of drug-likeness (QED) is 0.271. The second-order valence-electron chi connectivity index (χ2n) is 8.59. The number of nitrogens with one attached hydrogen (secondary N) is 3. The number of halogens is 1. The van der Waals surface area contributed by atoms with E-state index in [1.54, 1.807) is 44.2 Å². The molecule has 1 aliphatic heterocycles. The number of carbonyl (C=O) groups excluding carboxylic acids is 2. The summed E-state index contributed by atoms with van der Waals surface area (Å²) >= 11 is 1.29. The van der Waals surface area contributed by atoms with Gasteiger partial charge in [-0.05, 0) is 44.0 Å². The van der Waals surface area contributed by atoms with E-state index >= 15 is 0 Å². The van der Waals surface area contributed by atoms with Crippen LogP contribution in [0, 0.1) is 5.82 Å². The number of rotatable bonds is 11. The van der Waals surface area contributed by atoms with Crippen LogP contribution in [0.5, 0.6) is 0 Å². The van der Waals surface area contributed by atoms with Gasteiger partial charge in [-0.25, -0.2) is 9.37 Å². The molecule has 0 radical (unpaired) electrons. The van der Waals surface area contributed by atoms with E-state index in [-0.39, 0.29) is 37.3 Å². The molecule has 0 spiro atoms. The lowest BCUT2D eigenvalue weighted by Gasteiger charge is -2.20. The average molecular weight is 504 g/mol. The first-order valence-electron chi connectivity index (χ1n) is 11.1. The third-order valence-electron chi connectivity index (χ3n) is 5.35. The number of amides is 2. The van der Waals surface area contributed by atoms with Gasteiger partial charge in [0.1, 0.15) is 11.6 Å². The van der Waals surface area contributed by atoms with E-state index in [9.17, 15) is 19.1 Å². The topological polar surface area (TPSA) is 150 Å². The number of hydrogen-bond acceptors (Lipinski definition) is 8. The molecule has 0 saturated carbocycles. The van der Waals surface area contributed by atoms with Crippen molar-refractivity contribution in [1.29, 1.82) is 0 Å². The van der Waals surface area contributed by atoms with Crippen LogP contribution in [0.1, 0.15) is 42.3 Å². The molecule has 2 aromatic rings. The van der Waals surface area contributed by atoms with Crippen LogP contribution in [0.4, 0.5) is 10.2 Å². The zero-order valence-corrected chi connectivity index (χ0v) is 20.4. The molecule has 11 heteroatoms. The van der Waals surface area contributed by atoms with Gasteiger partial charge in [-0.1, -0.05) is 30.0 Å². The lowest BCUT2D eigenvalue weighted by molar-refractivity contribution is -0.120. The maximum absolute atomic E-state index is 14.9. The third kappa shape index (κ3) is 7.25. The van der Waals surface area contributed by atoms with Crippen LogP contribution in [-0.4, -0.2) is 46.7 Å². The predicted molar refractivity (Wildman–Crippen MR) is 132 cm³/mol. The SMILES string of the molecule is CC(C)(O)c1ccc(C2CC(C(N)=O)=C(Nc3cccc(CNCC(=O)NCCO)n3)S2)c(F)c1. The minimum Gasteiger partial charge on any atom is -0.395 e. The van der Waals surface area contributed by atoms with Crippen molar-refractivity contribution in [2.75, 3.05) is 25.0 Å². The summed E-state index contributed by atoms with van der Waals surface area (Å²) in [5, 5.41) is 27.7. The lowest BCUT2D eigenvalue weighted by Crippen LogP contribution is -2.35. The zero-order valence-electron chi connectivity index (χ0n) is 19.6. The summed E-state index contributed by atoms with van der Waals surface area (Å²) < 4.78 is 14.9. The Hall–Kier alpha value is -2.99. The number of nitrogens with zero attached hydrogens (tertiary/aromatic N) is 1. The molecule has 0 saturated heterocycles. The molecule has 1 aromatic carbocycles. The van der Waals surface area contributed by atoms with Gasteiger partial charge in [0, 0.05) is 29.5 Å². The monoisotopic (exact) mass is 503 g/mol. The molecule has 1 unspecified atom stereocenters. The van der Waals surface area contributed by atoms with Crippen molar-refractivity contribution in [3.8, 4) is 0 Å². The minimum atomic E-state index is -1.17. The molecule has 3 rings (SSSR count). The van der Waals surface area contributed by atoms with Gasteiger partial charge in [0.2, 0.25) is 11.8 Å². The lowest BCUT2D eigenvalue weighted by atomic mass is 9.95. The molecule has 188 valence electrons. The number of anilines is 1. The highest BCUT2D eigenvalue weighted by molar-refractivity contribution is 8.03. The molecule has 1 aromatic heterocycles. The van der Waals surface area contributed by atoms with E-state index in [1.165, 1.54) is 17.8 Å². The number of nitrogens with two attached hydrogens (primary N) is 1. The molecule has 35 heavy (non-hydrogen) atoms. The van der Waals surface area contributed by atoms with E-state index in [1.807, 2.05) is 0 Å². The summed E-state index contributed by atoms with van der Waals surface area (Å²) in [7, 11) is 0. The van der Waals surface area contributed by atoms with Crippen LogP contribution in [0.3, 0.4) is 0 Å². The second kappa shape index (κ2) is 11.6. The molecule has 9 nitrogen and oxygen atoms in total. The summed E-state index contributed by atoms with van der Waals surface area (Å²) in [4.78, 5) is 28.2. The van der Waals surface area contributed by atoms with E-state index in [2.05, 4.69) is 20.9 Å². The third-order valence-corrected chi connectivity index (χ3v) is 6.64. The van der Waals surface area contributed by atoms with E-state index in [4.69, 9.17) is 10.8 Å². The smallest absolute Gasteiger partial charge is 0.247 e. The Morgan fingerprint density at radius 3 is 2.71 bits per heavy atom. The number of primary amides is 1. The number of benzene rings is 1. The molecule has 2 amide bonds. The van der Waals surface area contributed by atoms with Crippen LogP contribution in [0.15, 0.2) is 47.0 Å². The molecular formula is C24H30FN5O4S. The highest BCUT2D eigenvalue weighted by Crippen LogP contribution is 2.48. The summed E-state index contributed by atoms with van der Waals surface area (Å²) in [6.45, 7) is 3.65. The number of aliphatic hydroxyl groups excluding tert-OH is 1. The van der Waals surface area contributed by atoms with E-state index in [0.717, 1.165) is 0 Å². The van der Waals surface area contributed by atoms with Crippen LogP contribution in [0.2, 0.25) is 0 Å². The molecule has 1 aliphatic rings. The Morgan fingerprint density at radius 1 is 1.29 bits per heavy atom. The van der Waals surface area contributed by atoms with Gasteiger partial charge in [0.25, 0.3) is 0 Å². The van der Waals surface area contributed by atoms with Gasteiger partial charge in [-0.3, -0.25) is 9.59 Å². The normalized spacial score (nSPS) is 15.9. The van der Waals surface area contributed by atoms with Crippen molar-refractivity contribution in [2.24, 2.45) is 5.73 Å². The molecule has 2 heterocycles. The standard InChI is InChI=1S/C24H30FN5O4S/c1-24(2,34)14-6-7-16(18(25)10-14)19-11-17(22(26)33)23(35-19)30-20-5-3-4-15(29-20)12-27-13-21(32)28-8-9-31/h3-7,10,19,27,31,34H,8-9,11-13H2,1-2H3,(H2,26,33)(H,28,32)(H,29,30). The average Bonchev–Trinajstić information content (AvgIpc) is 3.21. The zero-order chi connectivity index (χ0) is 25.6. The number of pyridine rings is 1. The Kier molecular flexibility index (Phi) is 8.84. The maximum Gasteiger partial charge on any atom is 0.247 e. The number of carbonyl (C=O) groups is 2. The molecule has 1 atom stereocenters. The van der Waals surface area contributed by atoms with Gasteiger partial charge in [0.15, 0.2) is 0 Å². The largest absolute Gasteiger partial charge is 0.395 e. The first-order valence-corrected chi connectivity index (χ1v) is 12.0.